The van der Waals surface area contributed by atoms with Crippen LogP contribution in [0, 0.1) is 0 Å². The van der Waals surface area contributed by atoms with E-state index in [1.165, 1.54) is 0 Å². The van der Waals surface area contributed by atoms with Crippen LogP contribution in [-0.2, 0) is 0 Å². The number of allylic oxidation sites excluding steroid dienone is 6. The van der Waals surface area contributed by atoms with Crippen LogP contribution in [0.5, 0.6) is 0 Å². The van der Waals surface area contributed by atoms with Crippen molar-refractivity contribution in [2.45, 2.75) is 0 Å². The number of halogens is 1. The molecular weight excluding hydrogens is 227 g/mol. The fourth-order valence-corrected chi connectivity index (χ4v) is 1.08. The lowest BCUT2D eigenvalue weighted by atomic mass is 10.3. The molecule has 0 atom stereocenters. The molecule has 2 heteroatoms. The fourth-order valence-electron chi connectivity index (χ4n) is 0.644. The standard InChI is InChI=1S/C7H7IO/c8-5-7(9)6-3-1-2-4-6/h1-4,9H,5H2. The summed E-state index contributed by atoms with van der Waals surface area (Å²) in [7, 11) is 0. The van der Waals surface area contributed by atoms with E-state index < -0.39 is 0 Å². The Hall–Kier alpha value is -0.250. The van der Waals surface area contributed by atoms with Crippen LogP contribution < -0.4 is 0 Å². The molecule has 0 spiro atoms. The van der Waals surface area contributed by atoms with Gasteiger partial charge in [0.2, 0.25) is 0 Å². The Labute approximate surface area is 67.9 Å². The van der Waals surface area contributed by atoms with Crippen LogP contribution in [0.2, 0.25) is 0 Å². The third kappa shape index (κ3) is 1.58. The number of aliphatic hydroxyl groups is 1. The normalized spacial score (nSPS) is 15.0. The molecule has 0 aromatic heterocycles. The zero-order chi connectivity index (χ0) is 6.69. The maximum atomic E-state index is 9.13. The molecule has 9 heavy (non-hydrogen) atoms. The fraction of sp³-hybridized carbons (Fsp3) is 0.143. The molecule has 0 saturated heterocycles. The maximum absolute atomic E-state index is 9.13. The molecule has 0 aliphatic heterocycles. The summed E-state index contributed by atoms with van der Waals surface area (Å²) in [5.74, 6) is 0.459. The molecule has 0 saturated carbocycles. The van der Waals surface area contributed by atoms with Gasteiger partial charge in [0.05, 0.1) is 4.43 Å². The highest BCUT2D eigenvalue weighted by Crippen LogP contribution is 2.12. The smallest absolute Gasteiger partial charge is 0.109 e. The number of alkyl halides is 1. The van der Waals surface area contributed by atoms with Crippen molar-refractivity contribution in [2.24, 2.45) is 0 Å². The van der Waals surface area contributed by atoms with E-state index >= 15 is 0 Å². The van der Waals surface area contributed by atoms with E-state index in [-0.39, 0.29) is 0 Å². The van der Waals surface area contributed by atoms with Crippen LogP contribution in [0.15, 0.2) is 35.6 Å². The molecule has 0 fully saturated rings. The van der Waals surface area contributed by atoms with Crippen LogP contribution in [0.1, 0.15) is 0 Å². The largest absolute Gasteiger partial charge is 0.511 e. The summed E-state index contributed by atoms with van der Waals surface area (Å²) in [4.78, 5) is 0. The van der Waals surface area contributed by atoms with Crippen molar-refractivity contribution in [3.63, 3.8) is 0 Å². The minimum Gasteiger partial charge on any atom is -0.511 e. The Morgan fingerprint density at radius 3 is 2.44 bits per heavy atom. The second kappa shape index (κ2) is 3.06. The van der Waals surface area contributed by atoms with Crippen molar-refractivity contribution in [2.75, 3.05) is 4.43 Å². The van der Waals surface area contributed by atoms with Gasteiger partial charge in [-0.15, -0.1) is 0 Å². The molecule has 1 rings (SSSR count). The first kappa shape index (κ1) is 6.86. The van der Waals surface area contributed by atoms with Crippen molar-refractivity contribution >= 4 is 22.6 Å². The van der Waals surface area contributed by atoms with Gasteiger partial charge < -0.3 is 5.11 Å². The first-order chi connectivity index (χ1) is 4.34. The molecule has 1 aliphatic rings. The van der Waals surface area contributed by atoms with Gasteiger partial charge in [0.1, 0.15) is 5.76 Å². The second-order valence-corrected chi connectivity index (χ2v) is 2.52. The highest BCUT2D eigenvalue weighted by Gasteiger charge is 1.98. The molecule has 0 heterocycles. The molecule has 0 unspecified atom stereocenters. The van der Waals surface area contributed by atoms with Crippen molar-refractivity contribution in [3.8, 4) is 0 Å². The Kier molecular flexibility index (Phi) is 2.33. The summed E-state index contributed by atoms with van der Waals surface area (Å²) < 4.78 is 0.682. The summed E-state index contributed by atoms with van der Waals surface area (Å²) in [6, 6.07) is 0. The highest BCUT2D eigenvalue weighted by molar-refractivity contribution is 14.1. The van der Waals surface area contributed by atoms with E-state index in [1.807, 2.05) is 24.3 Å². The van der Waals surface area contributed by atoms with E-state index in [4.69, 9.17) is 5.11 Å². The van der Waals surface area contributed by atoms with Crippen molar-refractivity contribution in [1.82, 2.24) is 0 Å². The average molecular weight is 234 g/mol. The van der Waals surface area contributed by atoms with Gasteiger partial charge in [-0.2, -0.15) is 0 Å². The molecule has 0 amide bonds. The van der Waals surface area contributed by atoms with E-state index in [0.29, 0.717) is 10.2 Å². The predicted molar refractivity (Wildman–Crippen MR) is 46.8 cm³/mol. The van der Waals surface area contributed by atoms with Gasteiger partial charge in [-0.3, -0.25) is 0 Å². The molecule has 0 radical (unpaired) electrons. The second-order valence-electron chi connectivity index (χ2n) is 1.75. The predicted octanol–water partition coefficient (Wildman–Crippen LogP) is 2.36. The van der Waals surface area contributed by atoms with Gasteiger partial charge in [-0.1, -0.05) is 46.9 Å². The molecule has 1 nitrogen and oxygen atoms in total. The molecule has 48 valence electrons. The van der Waals surface area contributed by atoms with Crippen LogP contribution >= 0.6 is 22.6 Å². The van der Waals surface area contributed by atoms with Crippen LogP contribution in [-0.4, -0.2) is 9.53 Å². The molecule has 0 bridgehead atoms. The summed E-state index contributed by atoms with van der Waals surface area (Å²) in [5.41, 5.74) is 0.935. The first-order valence-corrected chi connectivity index (χ1v) is 4.20. The van der Waals surface area contributed by atoms with E-state index in [0.717, 1.165) is 5.57 Å². The Balaban J connectivity index is 2.81. The third-order valence-corrected chi connectivity index (χ3v) is 1.85. The topological polar surface area (TPSA) is 20.2 Å². The van der Waals surface area contributed by atoms with Crippen molar-refractivity contribution in [1.29, 1.82) is 0 Å². The van der Waals surface area contributed by atoms with Crippen LogP contribution in [0.25, 0.3) is 0 Å². The summed E-state index contributed by atoms with van der Waals surface area (Å²) in [6.07, 6.45) is 7.62. The van der Waals surface area contributed by atoms with E-state index in [9.17, 15) is 0 Å². The average Bonchev–Trinajstić information content (AvgIpc) is 2.37. The summed E-state index contributed by atoms with van der Waals surface area (Å²) in [6.45, 7) is 0. The van der Waals surface area contributed by atoms with E-state index in [1.54, 1.807) is 0 Å². The molecule has 0 aromatic rings. The minimum atomic E-state index is 0.459. The Morgan fingerprint density at radius 1 is 1.44 bits per heavy atom. The first-order valence-electron chi connectivity index (χ1n) is 2.67. The highest BCUT2D eigenvalue weighted by atomic mass is 127. The van der Waals surface area contributed by atoms with Gasteiger partial charge in [-0.25, -0.2) is 0 Å². The SMILES string of the molecule is OC(CI)=C1C=CC=C1. The van der Waals surface area contributed by atoms with Crippen molar-refractivity contribution in [3.05, 3.63) is 35.6 Å². The number of hydrogen-bond acceptors (Lipinski definition) is 1. The lowest BCUT2D eigenvalue weighted by Crippen LogP contribution is -1.84. The minimum absolute atomic E-state index is 0.459. The number of aliphatic hydroxyl groups excluding tert-OH is 1. The van der Waals surface area contributed by atoms with Gasteiger partial charge in [0, 0.05) is 5.57 Å². The molecule has 1 N–H and O–H groups in total. The third-order valence-electron chi connectivity index (χ3n) is 1.12. The quantitative estimate of drug-likeness (QED) is 0.419. The lowest BCUT2D eigenvalue weighted by molar-refractivity contribution is 0.416. The number of rotatable bonds is 1. The Bertz CT molecular complexity index is 175. The molecular formula is C7H7IO. The zero-order valence-corrected chi connectivity index (χ0v) is 7.00. The van der Waals surface area contributed by atoms with Gasteiger partial charge in [0.15, 0.2) is 0 Å². The number of hydrogen-bond donors (Lipinski definition) is 1. The lowest BCUT2D eigenvalue weighted by Gasteiger charge is -1.93. The van der Waals surface area contributed by atoms with Crippen molar-refractivity contribution < 1.29 is 5.11 Å². The summed E-state index contributed by atoms with van der Waals surface area (Å²) >= 11 is 2.13. The van der Waals surface area contributed by atoms with Crippen LogP contribution in [0.3, 0.4) is 0 Å². The monoisotopic (exact) mass is 234 g/mol. The van der Waals surface area contributed by atoms with Crippen LogP contribution in [0.4, 0.5) is 0 Å². The Morgan fingerprint density at radius 2 is 2.00 bits per heavy atom. The molecule has 1 aliphatic carbocycles. The van der Waals surface area contributed by atoms with Gasteiger partial charge in [0.25, 0.3) is 0 Å². The van der Waals surface area contributed by atoms with Gasteiger partial charge >= 0.3 is 0 Å². The summed E-state index contributed by atoms with van der Waals surface area (Å²) in [5, 5.41) is 9.13. The maximum Gasteiger partial charge on any atom is 0.109 e. The van der Waals surface area contributed by atoms with Gasteiger partial charge in [-0.05, 0) is 0 Å². The van der Waals surface area contributed by atoms with E-state index in [2.05, 4.69) is 22.6 Å². The zero-order valence-electron chi connectivity index (χ0n) is 4.84. The molecule has 0 aromatic carbocycles.